The van der Waals surface area contributed by atoms with Crippen LogP contribution in [-0.4, -0.2) is 4.75 Å². The molecule has 0 unspecified atom stereocenters. The van der Waals surface area contributed by atoms with Crippen LogP contribution in [0.3, 0.4) is 0 Å². The zero-order chi connectivity index (χ0) is 10.6. The van der Waals surface area contributed by atoms with Crippen molar-refractivity contribution in [2.24, 2.45) is 0 Å². The number of halogens is 1. The normalized spacial score (nSPS) is 11.7. The van der Waals surface area contributed by atoms with Crippen LogP contribution in [0, 0.1) is 0 Å². The maximum absolute atomic E-state index is 5.81. The van der Waals surface area contributed by atoms with E-state index in [-0.39, 0.29) is 4.75 Å². The average molecular weight is 247 g/mol. The first-order valence-electron chi connectivity index (χ1n) is 4.60. The Labute approximate surface area is 100 Å². The van der Waals surface area contributed by atoms with E-state index in [0.717, 1.165) is 17.9 Å². The maximum Gasteiger partial charge on any atom is 0.0406 e. The lowest BCUT2D eigenvalue weighted by Gasteiger charge is -2.20. The fraction of sp³-hybridized carbons (Fsp3) is 0.455. The predicted octanol–water partition coefficient (Wildman–Crippen LogP) is 4.63. The molecule has 3 heteroatoms. The van der Waals surface area contributed by atoms with Crippen molar-refractivity contribution in [3.05, 3.63) is 34.9 Å². The smallest absolute Gasteiger partial charge is 0.0406 e. The zero-order valence-corrected chi connectivity index (χ0v) is 10.9. The summed E-state index contributed by atoms with van der Waals surface area (Å²) in [6.07, 6.45) is 2.21. The van der Waals surface area contributed by atoms with E-state index in [1.807, 2.05) is 12.1 Å². The summed E-state index contributed by atoms with van der Waals surface area (Å²) in [6, 6.07) is 8.05. The van der Waals surface area contributed by atoms with Crippen molar-refractivity contribution in [2.45, 2.75) is 31.4 Å². The van der Waals surface area contributed by atoms with Gasteiger partial charge in [-0.15, -0.1) is 11.7 Å². The van der Waals surface area contributed by atoms with Gasteiger partial charge in [0.2, 0.25) is 0 Å². The van der Waals surface area contributed by atoms with Crippen LogP contribution in [-0.2, 0) is 6.42 Å². The summed E-state index contributed by atoms with van der Waals surface area (Å²) >= 11 is 10.1. The van der Waals surface area contributed by atoms with Crippen LogP contribution in [0.2, 0.25) is 5.02 Å². The third-order valence-corrected chi connectivity index (χ3v) is 4.61. The molecule has 78 valence electrons. The van der Waals surface area contributed by atoms with E-state index in [1.165, 1.54) is 5.56 Å². The highest BCUT2D eigenvalue weighted by molar-refractivity contribution is 8.69. The van der Waals surface area contributed by atoms with Crippen LogP contribution < -0.4 is 0 Å². The van der Waals surface area contributed by atoms with E-state index in [4.69, 9.17) is 11.6 Å². The molecule has 0 atom stereocenters. The van der Waals surface area contributed by atoms with Gasteiger partial charge in [-0.2, -0.15) is 0 Å². The summed E-state index contributed by atoms with van der Waals surface area (Å²) in [5.41, 5.74) is 1.34. The van der Waals surface area contributed by atoms with Gasteiger partial charge in [-0.3, -0.25) is 0 Å². The lowest BCUT2D eigenvalue weighted by atomic mass is 10.0. The maximum atomic E-state index is 5.81. The monoisotopic (exact) mass is 246 g/mol. The first-order chi connectivity index (χ1) is 6.53. The first kappa shape index (κ1) is 12.3. The lowest BCUT2D eigenvalue weighted by Crippen LogP contribution is -2.13. The van der Waals surface area contributed by atoms with Crippen molar-refractivity contribution in [3.63, 3.8) is 0 Å². The molecule has 0 bridgehead atoms. The molecular formula is C11H15ClS2. The molecule has 0 aliphatic heterocycles. The van der Waals surface area contributed by atoms with Gasteiger partial charge in [0.25, 0.3) is 0 Å². The molecule has 0 radical (unpaired) electrons. The third-order valence-electron chi connectivity index (χ3n) is 2.18. The molecule has 0 nitrogen and oxygen atoms in total. The average Bonchev–Trinajstić information content (AvgIpc) is 2.17. The summed E-state index contributed by atoms with van der Waals surface area (Å²) in [5.74, 6) is 0. The predicted molar refractivity (Wildman–Crippen MR) is 70.4 cm³/mol. The van der Waals surface area contributed by atoms with Crippen molar-refractivity contribution < 1.29 is 0 Å². The molecule has 0 spiro atoms. The molecule has 1 rings (SSSR count). The zero-order valence-electron chi connectivity index (χ0n) is 8.46. The van der Waals surface area contributed by atoms with Crippen LogP contribution in [0.4, 0.5) is 0 Å². The molecular weight excluding hydrogens is 232 g/mol. The van der Waals surface area contributed by atoms with Gasteiger partial charge < -0.3 is 0 Å². The largest absolute Gasteiger partial charge is 0.111 e. The molecule has 1 aromatic carbocycles. The third kappa shape index (κ3) is 4.16. The van der Waals surface area contributed by atoms with Crippen LogP contribution in [0.25, 0.3) is 0 Å². The highest BCUT2D eigenvalue weighted by atomic mass is 35.5. The second-order valence-electron chi connectivity index (χ2n) is 3.98. The fourth-order valence-corrected chi connectivity index (χ4v) is 1.74. The summed E-state index contributed by atoms with van der Waals surface area (Å²) in [7, 11) is 1.62. The quantitative estimate of drug-likeness (QED) is 0.597. The van der Waals surface area contributed by atoms with Gasteiger partial charge >= 0.3 is 0 Å². The summed E-state index contributed by atoms with van der Waals surface area (Å²) in [5, 5.41) is 0.802. The van der Waals surface area contributed by atoms with Gasteiger partial charge in [-0.05, 0) is 44.4 Å². The molecule has 0 aliphatic carbocycles. The Morgan fingerprint density at radius 2 is 1.86 bits per heavy atom. The lowest BCUT2D eigenvalue weighted by molar-refractivity contribution is 0.643. The minimum atomic E-state index is 0.239. The van der Waals surface area contributed by atoms with E-state index in [2.05, 4.69) is 37.6 Å². The molecule has 14 heavy (non-hydrogen) atoms. The van der Waals surface area contributed by atoms with Gasteiger partial charge in [-0.1, -0.05) is 34.5 Å². The second kappa shape index (κ2) is 5.34. The van der Waals surface area contributed by atoms with Gasteiger partial charge in [-0.25, -0.2) is 0 Å². The minimum Gasteiger partial charge on any atom is -0.111 e. The Kier molecular flexibility index (Phi) is 4.68. The topological polar surface area (TPSA) is 0 Å². The Morgan fingerprint density at radius 3 is 2.36 bits per heavy atom. The van der Waals surface area contributed by atoms with Crippen LogP contribution in [0.5, 0.6) is 0 Å². The number of aryl methyl sites for hydroxylation is 1. The number of rotatable bonds is 4. The summed E-state index contributed by atoms with van der Waals surface area (Å²) in [6.45, 7) is 4.42. The molecule has 1 aromatic rings. The van der Waals surface area contributed by atoms with Crippen molar-refractivity contribution in [1.82, 2.24) is 0 Å². The van der Waals surface area contributed by atoms with E-state index >= 15 is 0 Å². The van der Waals surface area contributed by atoms with Gasteiger partial charge in [0.15, 0.2) is 0 Å². The molecule has 0 heterocycles. The number of hydrogen-bond acceptors (Lipinski definition) is 2. The minimum absolute atomic E-state index is 0.239. The van der Waals surface area contributed by atoms with Gasteiger partial charge in [0.1, 0.15) is 0 Å². The van der Waals surface area contributed by atoms with Gasteiger partial charge in [0.05, 0.1) is 0 Å². The van der Waals surface area contributed by atoms with Crippen LogP contribution >= 0.6 is 34.1 Å². The standard InChI is InChI=1S/C11H15ClS2/c1-11(2,14-13)8-7-9-3-5-10(12)6-4-9/h3-6,13H,7-8H2,1-2H3. The first-order valence-corrected chi connectivity index (χ1v) is 6.85. The molecule has 0 saturated carbocycles. The molecule has 0 aliphatic rings. The molecule has 0 fully saturated rings. The number of hydrogen-bond donors (Lipinski definition) is 1. The highest BCUT2D eigenvalue weighted by Gasteiger charge is 2.16. The second-order valence-corrected chi connectivity index (χ2v) is 6.25. The van der Waals surface area contributed by atoms with Crippen molar-refractivity contribution in [3.8, 4) is 0 Å². The Morgan fingerprint density at radius 1 is 1.29 bits per heavy atom. The highest BCUT2D eigenvalue weighted by Crippen LogP contribution is 2.32. The van der Waals surface area contributed by atoms with E-state index in [9.17, 15) is 0 Å². The summed E-state index contributed by atoms with van der Waals surface area (Å²) < 4.78 is 0.239. The van der Waals surface area contributed by atoms with Crippen molar-refractivity contribution in [1.29, 1.82) is 0 Å². The molecule has 0 saturated heterocycles. The van der Waals surface area contributed by atoms with E-state index in [1.54, 1.807) is 10.8 Å². The molecule has 0 aromatic heterocycles. The Bertz CT molecular complexity index is 280. The number of thiol groups is 1. The summed E-state index contributed by atoms with van der Waals surface area (Å²) in [4.78, 5) is 0. The van der Waals surface area contributed by atoms with E-state index in [0.29, 0.717) is 0 Å². The van der Waals surface area contributed by atoms with Crippen molar-refractivity contribution >= 4 is 34.1 Å². The Balaban J connectivity index is 2.50. The Hall–Kier alpha value is 0.210. The number of benzene rings is 1. The fourth-order valence-electron chi connectivity index (χ4n) is 1.14. The van der Waals surface area contributed by atoms with Crippen molar-refractivity contribution in [2.75, 3.05) is 0 Å². The van der Waals surface area contributed by atoms with Gasteiger partial charge in [0, 0.05) is 9.77 Å². The van der Waals surface area contributed by atoms with Crippen LogP contribution in [0.1, 0.15) is 25.8 Å². The molecule has 0 amide bonds. The van der Waals surface area contributed by atoms with E-state index < -0.39 is 0 Å². The molecule has 0 N–H and O–H groups in total. The SMILES string of the molecule is CC(C)(CCc1ccc(Cl)cc1)SS. The van der Waals surface area contributed by atoms with Crippen LogP contribution in [0.15, 0.2) is 24.3 Å².